The van der Waals surface area contributed by atoms with Gasteiger partial charge in [0.05, 0.1) is 15.8 Å². The molecular formula is C25H28N4OS2. The maximum atomic E-state index is 12.4. The van der Waals surface area contributed by atoms with Crippen LogP contribution in [0.25, 0.3) is 10.2 Å². The number of pyridine rings is 1. The molecule has 3 aromatic rings. The third kappa shape index (κ3) is 5.13. The topological polar surface area (TPSA) is 78.7 Å². The van der Waals surface area contributed by atoms with Crippen molar-refractivity contribution in [3.8, 4) is 6.07 Å². The van der Waals surface area contributed by atoms with Crippen LogP contribution in [0.4, 0.5) is 5.13 Å². The largest absolute Gasteiger partial charge is 0.302 e. The quantitative estimate of drug-likeness (QED) is 0.459. The molecule has 1 atom stereocenters. The zero-order chi connectivity index (χ0) is 22.9. The SMILES string of the molecule is Cc1ccc2nc(NC(=O)CCSc3nc4c(cc3C#N)CC(C(C)(C)C)CC4)sc2c1. The predicted octanol–water partition coefficient (Wildman–Crippen LogP) is 6.14. The van der Waals surface area contributed by atoms with E-state index in [2.05, 4.69) is 43.2 Å². The highest BCUT2D eigenvalue weighted by Crippen LogP contribution is 2.38. The van der Waals surface area contributed by atoms with Gasteiger partial charge in [-0.2, -0.15) is 5.26 Å². The average Bonchev–Trinajstić information content (AvgIpc) is 3.13. The van der Waals surface area contributed by atoms with Crippen LogP contribution in [0, 0.1) is 29.6 Å². The van der Waals surface area contributed by atoms with Crippen LogP contribution in [0.3, 0.4) is 0 Å². The lowest BCUT2D eigenvalue weighted by Gasteiger charge is -2.34. The fourth-order valence-corrected chi connectivity index (χ4v) is 5.98. The molecule has 5 nitrogen and oxygen atoms in total. The van der Waals surface area contributed by atoms with Crippen LogP contribution in [-0.4, -0.2) is 21.6 Å². The molecule has 0 bridgehead atoms. The van der Waals surface area contributed by atoms with E-state index >= 15 is 0 Å². The Bertz CT molecular complexity index is 1200. The zero-order valence-electron chi connectivity index (χ0n) is 19.0. The van der Waals surface area contributed by atoms with Crippen LogP contribution >= 0.6 is 23.1 Å². The Hall–Kier alpha value is -2.43. The molecule has 0 saturated heterocycles. The van der Waals surface area contributed by atoms with Gasteiger partial charge in [0.15, 0.2) is 5.13 Å². The molecule has 1 amide bonds. The van der Waals surface area contributed by atoms with Gasteiger partial charge in [-0.05, 0) is 66.8 Å². The van der Waals surface area contributed by atoms with E-state index in [1.54, 1.807) is 0 Å². The van der Waals surface area contributed by atoms with Gasteiger partial charge in [-0.1, -0.05) is 38.2 Å². The predicted molar refractivity (Wildman–Crippen MR) is 132 cm³/mol. The van der Waals surface area contributed by atoms with Gasteiger partial charge >= 0.3 is 0 Å². The highest BCUT2D eigenvalue weighted by Gasteiger charge is 2.30. The summed E-state index contributed by atoms with van der Waals surface area (Å²) in [6.45, 7) is 8.89. The molecule has 0 spiro atoms. The summed E-state index contributed by atoms with van der Waals surface area (Å²) in [6, 6.07) is 10.4. The van der Waals surface area contributed by atoms with E-state index in [0.29, 0.717) is 28.8 Å². The molecule has 0 aliphatic heterocycles. The summed E-state index contributed by atoms with van der Waals surface area (Å²) in [5.41, 5.74) is 5.27. The summed E-state index contributed by atoms with van der Waals surface area (Å²) in [7, 11) is 0. The van der Waals surface area contributed by atoms with Gasteiger partial charge < -0.3 is 5.32 Å². The second-order valence-corrected chi connectivity index (χ2v) is 11.6. The number of thiazole rings is 1. The Morgan fingerprint density at radius 1 is 1.31 bits per heavy atom. The van der Waals surface area contributed by atoms with Crippen LogP contribution < -0.4 is 5.32 Å². The smallest absolute Gasteiger partial charge is 0.226 e. The first kappa shape index (κ1) is 22.8. The molecule has 1 aliphatic carbocycles. The molecule has 0 saturated carbocycles. The molecule has 2 heterocycles. The van der Waals surface area contributed by atoms with Crippen molar-refractivity contribution in [3.63, 3.8) is 0 Å². The molecular weight excluding hydrogens is 436 g/mol. The van der Waals surface area contributed by atoms with Crippen molar-refractivity contribution >= 4 is 44.4 Å². The van der Waals surface area contributed by atoms with Gasteiger partial charge in [0.2, 0.25) is 5.91 Å². The van der Waals surface area contributed by atoms with Gasteiger partial charge in [-0.25, -0.2) is 9.97 Å². The maximum Gasteiger partial charge on any atom is 0.226 e. The normalized spacial score (nSPS) is 15.9. The fourth-order valence-electron chi connectivity index (χ4n) is 4.08. The number of nitriles is 1. The average molecular weight is 465 g/mol. The van der Waals surface area contributed by atoms with Crippen LogP contribution in [0.1, 0.15) is 56.0 Å². The highest BCUT2D eigenvalue weighted by molar-refractivity contribution is 7.99. The zero-order valence-corrected chi connectivity index (χ0v) is 20.6. The summed E-state index contributed by atoms with van der Waals surface area (Å²) in [4.78, 5) is 21.7. The number of nitrogens with zero attached hydrogens (tertiary/aromatic N) is 3. The molecule has 7 heteroatoms. The lowest BCUT2D eigenvalue weighted by molar-refractivity contribution is -0.115. The van der Waals surface area contributed by atoms with Crippen molar-refractivity contribution in [3.05, 3.63) is 46.6 Å². The van der Waals surface area contributed by atoms with Crippen molar-refractivity contribution in [2.45, 2.75) is 58.4 Å². The summed E-state index contributed by atoms with van der Waals surface area (Å²) in [6.07, 6.45) is 3.41. The van der Waals surface area contributed by atoms with Crippen molar-refractivity contribution in [1.82, 2.24) is 9.97 Å². The van der Waals surface area contributed by atoms with Crippen LogP contribution in [0.5, 0.6) is 0 Å². The summed E-state index contributed by atoms with van der Waals surface area (Å²) < 4.78 is 1.07. The van der Waals surface area contributed by atoms with E-state index < -0.39 is 0 Å². The van der Waals surface area contributed by atoms with Gasteiger partial charge in [0.1, 0.15) is 11.1 Å². The van der Waals surface area contributed by atoms with E-state index in [9.17, 15) is 10.1 Å². The number of rotatable bonds is 5. The molecule has 2 aromatic heterocycles. The Morgan fingerprint density at radius 2 is 2.12 bits per heavy atom. The third-order valence-corrected chi connectivity index (χ3v) is 7.98. The van der Waals surface area contributed by atoms with Crippen molar-refractivity contribution in [1.29, 1.82) is 5.26 Å². The van der Waals surface area contributed by atoms with Gasteiger partial charge in [-0.15, -0.1) is 11.8 Å². The summed E-state index contributed by atoms with van der Waals surface area (Å²) in [5.74, 6) is 1.11. The number of thioether (sulfide) groups is 1. The number of fused-ring (bicyclic) bond motifs is 2. The fraction of sp³-hybridized carbons (Fsp3) is 0.440. The first-order valence-corrected chi connectivity index (χ1v) is 12.8. The monoisotopic (exact) mass is 464 g/mol. The van der Waals surface area contributed by atoms with Crippen molar-refractivity contribution < 1.29 is 4.79 Å². The number of aromatic nitrogens is 2. The second kappa shape index (κ2) is 9.21. The van der Waals surface area contributed by atoms with Crippen molar-refractivity contribution in [2.24, 2.45) is 11.3 Å². The van der Waals surface area contributed by atoms with Crippen LogP contribution in [-0.2, 0) is 17.6 Å². The number of benzene rings is 1. The van der Waals surface area contributed by atoms with E-state index in [-0.39, 0.29) is 11.3 Å². The van der Waals surface area contributed by atoms with E-state index in [0.717, 1.165) is 40.2 Å². The number of carbonyl (C=O) groups is 1. The Morgan fingerprint density at radius 3 is 2.88 bits per heavy atom. The number of anilines is 1. The van der Waals surface area contributed by atoms with Gasteiger partial charge in [0.25, 0.3) is 0 Å². The van der Waals surface area contributed by atoms with E-state index in [1.165, 1.54) is 34.2 Å². The number of hydrogen-bond acceptors (Lipinski definition) is 6. The van der Waals surface area contributed by atoms with E-state index in [4.69, 9.17) is 4.98 Å². The molecule has 1 aliphatic rings. The standard InChI is InChI=1S/C25H28N4OS2/c1-15-5-7-20-21(11-15)32-24(28-20)29-22(30)9-10-31-23-17(14-26)12-16-13-18(25(2,3)4)6-8-19(16)27-23/h5,7,11-12,18H,6,8-10,13H2,1-4H3,(H,28,29,30). The molecule has 1 unspecified atom stereocenters. The maximum absolute atomic E-state index is 12.4. The van der Waals surface area contributed by atoms with Gasteiger partial charge in [0, 0.05) is 17.9 Å². The molecule has 1 N–H and O–H groups in total. The lowest BCUT2D eigenvalue weighted by atomic mass is 9.71. The second-order valence-electron chi connectivity index (χ2n) is 9.50. The first-order chi connectivity index (χ1) is 15.2. The Labute approximate surface area is 197 Å². The summed E-state index contributed by atoms with van der Waals surface area (Å²) in [5, 5.41) is 13.9. The third-order valence-electron chi connectivity index (χ3n) is 6.06. The number of aryl methyl sites for hydroxylation is 2. The number of amides is 1. The van der Waals surface area contributed by atoms with E-state index in [1.807, 2.05) is 25.1 Å². The molecule has 32 heavy (non-hydrogen) atoms. The molecule has 1 aromatic carbocycles. The number of carbonyl (C=O) groups excluding carboxylic acids is 1. The van der Waals surface area contributed by atoms with Gasteiger partial charge in [-0.3, -0.25) is 4.79 Å². The molecule has 0 fully saturated rings. The summed E-state index contributed by atoms with van der Waals surface area (Å²) >= 11 is 2.97. The van der Waals surface area contributed by atoms with Crippen molar-refractivity contribution in [2.75, 3.05) is 11.1 Å². The number of hydrogen-bond donors (Lipinski definition) is 1. The Balaban J connectivity index is 1.37. The van der Waals surface area contributed by atoms with Crippen LogP contribution in [0.2, 0.25) is 0 Å². The lowest BCUT2D eigenvalue weighted by Crippen LogP contribution is -2.27. The minimum absolute atomic E-state index is 0.0715. The first-order valence-electron chi connectivity index (χ1n) is 11.0. The highest BCUT2D eigenvalue weighted by atomic mass is 32.2. The minimum atomic E-state index is -0.0715. The number of nitrogens with one attached hydrogen (secondary N) is 1. The molecule has 166 valence electrons. The Kier molecular flexibility index (Phi) is 6.55. The van der Waals surface area contributed by atoms with Crippen LogP contribution in [0.15, 0.2) is 29.3 Å². The minimum Gasteiger partial charge on any atom is -0.302 e. The molecule has 4 rings (SSSR count). The molecule has 0 radical (unpaired) electrons.